The minimum Gasteiger partial charge on any atom is -0.381 e. The van der Waals surface area contributed by atoms with E-state index in [1.54, 1.807) is 0 Å². The van der Waals surface area contributed by atoms with Gasteiger partial charge in [-0.1, -0.05) is 0 Å². The molecule has 0 bridgehead atoms. The molecule has 0 aromatic carbocycles. The Balaban J connectivity index is 2.01. The molecule has 3 heteroatoms. The van der Waals surface area contributed by atoms with Crippen LogP contribution in [0.1, 0.15) is 24.8 Å². The predicted molar refractivity (Wildman–Crippen MR) is 58.2 cm³/mol. The zero-order chi connectivity index (χ0) is 9.97. The number of nitrogens with two attached hydrogens (primary N) is 1. The number of nitrogens with one attached hydrogen (secondary N) is 1. The number of anilines is 1. The van der Waals surface area contributed by atoms with Crippen molar-refractivity contribution in [1.29, 1.82) is 0 Å². The van der Waals surface area contributed by atoms with Crippen molar-refractivity contribution in [3.05, 3.63) is 24.0 Å². The Morgan fingerprint density at radius 2 is 2.36 bits per heavy atom. The van der Waals surface area contributed by atoms with Crippen LogP contribution in [0.25, 0.3) is 0 Å². The molecular formula is C11H17N3. The molecule has 3 N–H and O–H groups in total. The lowest BCUT2D eigenvalue weighted by Crippen LogP contribution is -2.21. The van der Waals surface area contributed by atoms with Gasteiger partial charge in [0.05, 0.1) is 11.9 Å². The smallest absolute Gasteiger partial charge is 0.0558 e. The topological polar surface area (TPSA) is 50.9 Å². The molecule has 1 aromatic rings. The Bertz CT molecular complexity index is 311. The molecular weight excluding hydrogens is 174 g/mol. The summed E-state index contributed by atoms with van der Waals surface area (Å²) < 4.78 is 0. The average molecular weight is 191 g/mol. The predicted octanol–water partition coefficient (Wildman–Crippen LogP) is 1.68. The third-order valence-corrected chi connectivity index (χ3v) is 2.87. The molecule has 2 rings (SSSR count). The van der Waals surface area contributed by atoms with Crippen molar-refractivity contribution < 1.29 is 0 Å². The molecule has 1 fully saturated rings. The van der Waals surface area contributed by atoms with E-state index in [1.165, 1.54) is 12.0 Å². The molecule has 0 amide bonds. The SMILES string of the molecule is Cc1ccncc1NC1CCC(N)C1. The average Bonchev–Trinajstić information content (AvgIpc) is 2.56. The lowest BCUT2D eigenvalue weighted by Gasteiger charge is -2.15. The minimum absolute atomic E-state index is 0.379. The summed E-state index contributed by atoms with van der Waals surface area (Å²) in [6, 6.07) is 2.94. The van der Waals surface area contributed by atoms with E-state index in [-0.39, 0.29) is 0 Å². The highest BCUT2D eigenvalue weighted by Gasteiger charge is 2.21. The van der Waals surface area contributed by atoms with E-state index in [9.17, 15) is 0 Å². The molecule has 2 atom stereocenters. The van der Waals surface area contributed by atoms with Crippen molar-refractivity contribution in [3.8, 4) is 0 Å². The summed E-state index contributed by atoms with van der Waals surface area (Å²) in [5.74, 6) is 0. The van der Waals surface area contributed by atoms with Gasteiger partial charge in [-0.15, -0.1) is 0 Å². The molecule has 0 aliphatic heterocycles. The monoisotopic (exact) mass is 191 g/mol. The first-order valence-electron chi connectivity index (χ1n) is 5.18. The highest BCUT2D eigenvalue weighted by Crippen LogP contribution is 2.22. The van der Waals surface area contributed by atoms with Crippen molar-refractivity contribution in [2.45, 2.75) is 38.3 Å². The molecule has 1 aromatic heterocycles. The van der Waals surface area contributed by atoms with Crippen LogP contribution in [-0.4, -0.2) is 17.1 Å². The lowest BCUT2D eigenvalue weighted by molar-refractivity contribution is 0.687. The highest BCUT2D eigenvalue weighted by molar-refractivity contribution is 5.48. The first kappa shape index (κ1) is 9.46. The van der Waals surface area contributed by atoms with E-state index in [2.05, 4.69) is 17.2 Å². The quantitative estimate of drug-likeness (QED) is 0.747. The number of rotatable bonds is 2. The summed E-state index contributed by atoms with van der Waals surface area (Å²) in [5, 5.41) is 3.50. The van der Waals surface area contributed by atoms with Gasteiger partial charge in [0.25, 0.3) is 0 Å². The van der Waals surface area contributed by atoms with Gasteiger partial charge in [-0.05, 0) is 37.8 Å². The van der Waals surface area contributed by atoms with E-state index >= 15 is 0 Å². The van der Waals surface area contributed by atoms with Crippen molar-refractivity contribution in [2.24, 2.45) is 5.73 Å². The third-order valence-electron chi connectivity index (χ3n) is 2.87. The molecule has 14 heavy (non-hydrogen) atoms. The molecule has 2 unspecified atom stereocenters. The first-order chi connectivity index (χ1) is 6.75. The number of aryl methyl sites for hydroxylation is 1. The Kier molecular flexibility index (Phi) is 2.68. The summed E-state index contributed by atoms with van der Waals surface area (Å²) in [5.41, 5.74) is 8.26. The van der Waals surface area contributed by atoms with Crippen LogP contribution in [0.5, 0.6) is 0 Å². The zero-order valence-electron chi connectivity index (χ0n) is 8.53. The fourth-order valence-corrected chi connectivity index (χ4v) is 1.98. The number of pyridine rings is 1. The van der Waals surface area contributed by atoms with Crippen LogP contribution in [0.4, 0.5) is 5.69 Å². The van der Waals surface area contributed by atoms with Crippen LogP contribution in [-0.2, 0) is 0 Å². The first-order valence-corrected chi connectivity index (χ1v) is 5.18. The van der Waals surface area contributed by atoms with E-state index < -0.39 is 0 Å². The minimum atomic E-state index is 0.379. The number of aromatic nitrogens is 1. The second-order valence-corrected chi connectivity index (χ2v) is 4.10. The van der Waals surface area contributed by atoms with Gasteiger partial charge in [-0.2, -0.15) is 0 Å². The molecule has 0 radical (unpaired) electrons. The molecule has 76 valence electrons. The fourth-order valence-electron chi connectivity index (χ4n) is 1.98. The standard InChI is InChI=1S/C11H17N3/c1-8-4-5-13-7-11(8)14-10-3-2-9(12)6-10/h4-5,7,9-10,14H,2-3,6,12H2,1H3. The second-order valence-electron chi connectivity index (χ2n) is 4.10. The van der Waals surface area contributed by atoms with Gasteiger partial charge in [-0.25, -0.2) is 0 Å². The maximum absolute atomic E-state index is 5.86. The van der Waals surface area contributed by atoms with Crippen LogP contribution in [0.15, 0.2) is 18.5 Å². The van der Waals surface area contributed by atoms with Gasteiger partial charge in [-0.3, -0.25) is 4.98 Å². The molecule has 1 saturated carbocycles. The fraction of sp³-hybridized carbons (Fsp3) is 0.545. The Hall–Kier alpha value is -1.09. The number of nitrogens with zero attached hydrogens (tertiary/aromatic N) is 1. The van der Waals surface area contributed by atoms with Crippen molar-refractivity contribution in [3.63, 3.8) is 0 Å². The summed E-state index contributed by atoms with van der Waals surface area (Å²) in [7, 11) is 0. The molecule has 0 spiro atoms. The van der Waals surface area contributed by atoms with Gasteiger partial charge in [0.15, 0.2) is 0 Å². The lowest BCUT2D eigenvalue weighted by atomic mass is 10.2. The van der Waals surface area contributed by atoms with Crippen molar-refractivity contribution in [2.75, 3.05) is 5.32 Å². The van der Waals surface area contributed by atoms with Gasteiger partial charge in [0.1, 0.15) is 0 Å². The molecule has 1 aliphatic rings. The van der Waals surface area contributed by atoms with Gasteiger partial charge < -0.3 is 11.1 Å². The summed E-state index contributed by atoms with van der Waals surface area (Å²) in [4.78, 5) is 4.11. The Labute approximate surface area is 84.7 Å². The number of hydrogen-bond donors (Lipinski definition) is 2. The maximum atomic E-state index is 5.86. The molecule has 3 nitrogen and oxygen atoms in total. The molecule has 1 heterocycles. The Morgan fingerprint density at radius 3 is 3.00 bits per heavy atom. The van der Waals surface area contributed by atoms with Crippen LogP contribution in [0, 0.1) is 6.92 Å². The molecule has 1 aliphatic carbocycles. The second kappa shape index (κ2) is 3.96. The third kappa shape index (κ3) is 2.04. The van der Waals surface area contributed by atoms with E-state index in [4.69, 9.17) is 5.73 Å². The summed E-state index contributed by atoms with van der Waals surface area (Å²) >= 11 is 0. The number of hydrogen-bond acceptors (Lipinski definition) is 3. The largest absolute Gasteiger partial charge is 0.381 e. The van der Waals surface area contributed by atoms with Crippen LogP contribution < -0.4 is 11.1 Å². The summed E-state index contributed by atoms with van der Waals surface area (Å²) in [6.45, 7) is 2.10. The van der Waals surface area contributed by atoms with Crippen LogP contribution in [0.3, 0.4) is 0 Å². The molecule has 0 saturated heterocycles. The van der Waals surface area contributed by atoms with Gasteiger partial charge >= 0.3 is 0 Å². The zero-order valence-corrected chi connectivity index (χ0v) is 8.53. The van der Waals surface area contributed by atoms with E-state index in [1.807, 2.05) is 18.5 Å². The van der Waals surface area contributed by atoms with E-state index in [0.29, 0.717) is 12.1 Å². The van der Waals surface area contributed by atoms with Crippen LogP contribution >= 0.6 is 0 Å². The Morgan fingerprint density at radius 1 is 1.50 bits per heavy atom. The summed E-state index contributed by atoms with van der Waals surface area (Å²) in [6.07, 6.45) is 7.10. The highest BCUT2D eigenvalue weighted by atomic mass is 14.9. The maximum Gasteiger partial charge on any atom is 0.0558 e. The van der Waals surface area contributed by atoms with Gasteiger partial charge in [0, 0.05) is 18.3 Å². The normalized spacial score (nSPS) is 26.4. The van der Waals surface area contributed by atoms with Crippen molar-refractivity contribution >= 4 is 5.69 Å². The van der Waals surface area contributed by atoms with Crippen LogP contribution in [0.2, 0.25) is 0 Å². The van der Waals surface area contributed by atoms with Gasteiger partial charge in [0.2, 0.25) is 0 Å². The van der Waals surface area contributed by atoms with E-state index in [0.717, 1.165) is 18.5 Å². The van der Waals surface area contributed by atoms with Crippen molar-refractivity contribution in [1.82, 2.24) is 4.98 Å².